The number of carbonyl (C=O) groups excluding carboxylic acids is 3. The van der Waals surface area contributed by atoms with Gasteiger partial charge in [-0.2, -0.15) is 0 Å². The Balaban J connectivity index is 4.38. The van der Waals surface area contributed by atoms with E-state index in [9.17, 15) is 14.4 Å². The summed E-state index contributed by atoms with van der Waals surface area (Å²) >= 11 is 0. The van der Waals surface area contributed by atoms with Gasteiger partial charge in [-0.1, -0.05) is 254 Å². The van der Waals surface area contributed by atoms with Gasteiger partial charge in [0.05, 0.1) is 0 Å². The Kier molecular flexibility index (Phi) is 54.3. The lowest BCUT2D eigenvalue weighted by molar-refractivity contribution is -0.167. The Morgan fingerprint density at radius 1 is 0.304 bits per heavy atom. The van der Waals surface area contributed by atoms with Crippen LogP contribution >= 0.6 is 0 Å². The molecule has 0 bridgehead atoms. The normalized spacial score (nSPS) is 12.7. The van der Waals surface area contributed by atoms with Gasteiger partial charge < -0.3 is 14.2 Å². The molecule has 0 amide bonds. The number of hydrogen-bond donors (Lipinski definition) is 0. The Morgan fingerprint density at radius 3 is 0.884 bits per heavy atom. The van der Waals surface area contributed by atoms with Crippen LogP contribution < -0.4 is 0 Å². The third-order valence-corrected chi connectivity index (χ3v) is 12.5. The summed E-state index contributed by atoms with van der Waals surface area (Å²) in [5, 5.41) is 0. The van der Waals surface area contributed by atoms with Crippen molar-refractivity contribution in [3.8, 4) is 0 Å². The van der Waals surface area contributed by atoms with Crippen LogP contribution in [0, 0.1) is 0 Å². The van der Waals surface area contributed by atoms with E-state index >= 15 is 0 Å². The third-order valence-electron chi connectivity index (χ3n) is 12.5. The summed E-state index contributed by atoms with van der Waals surface area (Å²) in [6.07, 6.45) is 74.3. The Morgan fingerprint density at radius 2 is 0.565 bits per heavy atom. The quantitative estimate of drug-likeness (QED) is 0.0262. The van der Waals surface area contributed by atoms with Gasteiger partial charge >= 0.3 is 17.9 Å². The summed E-state index contributed by atoms with van der Waals surface area (Å²) in [4.78, 5) is 38.2. The van der Waals surface area contributed by atoms with Gasteiger partial charge in [-0.25, -0.2) is 0 Å². The first-order valence-electron chi connectivity index (χ1n) is 29.2. The smallest absolute Gasteiger partial charge is 0.306 e. The Labute approximate surface area is 426 Å². The lowest BCUT2D eigenvalue weighted by Crippen LogP contribution is -2.30. The highest BCUT2D eigenvalue weighted by Crippen LogP contribution is 2.16. The fourth-order valence-electron chi connectivity index (χ4n) is 8.07. The molecule has 0 fully saturated rings. The van der Waals surface area contributed by atoms with Crippen molar-refractivity contribution in [2.24, 2.45) is 0 Å². The molecule has 6 nitrogen and oxygen atoms in total. The molecular formula is C63H108O6. The van der Waals surface area contributed by atoms with Gasteiger partial charge in [-0.15, -0.1) is 0 Å². The van der Waals surface area contributed by atoms with E-state index < -0.39 is 6.10 Å². The number of carbonyl (C=O) groups is 3. The van der Waals surface area contributed by atoms with Crippen LogP contribution in [0.2, 0.25) is 0 Å². The van der Waals surface area contributed by atoms with Crippen LogP contribution in [-0.2, 0) is 28.6 Å². The number of unbranched alkanes of at least 4 members (excludes halogenated alkanes) is 31. The molecule has 0 aliphatic rings. The molecule has 0 aromatic rings. The molecule has 0 heterocycles. The molecular weight excluding hydrogens is 853 g/mol. The van der Waals surface area contributed by atoms with Gasteiger partial charge in [0, 0.05) is 19.3 Å². The second kappa shape index (κ2) is 57.2. The minimum absolute atomic E-state index is 0.0861. The highest BCUT2D eigenvalue weighted by Gasteiger charge is 2.19. The van der Waals surface area contributed by atoms with Crippen molar-refractivity contribution < 1.29 is 28.6 Å². The highest BCUT2D eigenvalue weighted by atomic mass is 16.6. The fraction of sp³-hybridized carbons (Fsp3) is 0.730. The number of allylic oxidation sites excluding steroid dienone is 14. The van der Waals surface area contributed by atoms with E-state index in [1.165, 1.54) is 154 Å². The summed E-state index contributed by atoms with van der Waals surface area (Å²) in [5.41, 5.74) is 0. The van der Waals surface area contributed by atoms with Crippen LogP contribution in [0.1, 0.15) is 278 Å². The summed E-state index contributed by atoms with van der Waals surface area (Å²) in [5.74, 6) is -0.908. The summed E-state index contributed by atoms with van der Waals surface area (Å²) in [6.45, 7) is 6.45. The molecule has 0 aromatic carbocycles. The average Bonchev–Trinajstić information content (AvgIpc) is 3.35. The molecule has 0 saturated heterocycles. The van der Waals surface area contributed by atoms with Gasteiger partial charge in [0.2, 0.25) is 0 Å². The molecule has 0 radical (unpaired) electrons. The zero-order chi connectivity index (χ0) is 50.0. The SMILES string of the molecule is CC\C=C/C=C\C=C/CCCCCCCC(=O)OCC(COC(=O)CCCCCCCCCCCC/C=C\C=C/CCCCC)OC(=O)CCCCCCCCCCCC/C=C\C=C/CCCCC. The van der Waals surface area contributed by atoms with E-state index in [0.717, 1.165) is 83.5 Å². The van der Waals surface area contributed by atoms with Crippen LogP contribution in [0.15, 0.2) is 85.1 Å². The number of ether oxygens (including phenoxy) is 3. The lowest BCUT2D eigenvalue weighted by Gasteiger charge is -2.18. The maximum absolute atomic E-state index is 12.9. The molecule has 0 spiro atoms. The molecule has 1 unspecified atom stereocenters. The maximum atomic E-state index is 12.9. The number of hydrogen-bond acceptors (Lipinski definition) is 6. The predicted octanol–water partition coefficient (Wildman–Crippen LogP) is 19.5. The molecule has 69 heavy (non-hydrogen) atoms. The average molecular weight is 962 g/mol. The maximum Gasteiger partial charge on any atom is 0.306 e. The number of rotatable bonds is 52. The van der Waals surface area contributed by atoms with Gasteiger partial charge in [0.25, 0.3) is 0 Å². The van der Waals surface area contributed by atoms with Gasteiger partial charge in [-0.05, 0) is 89.9 Å². The molecule has 1 atom stereocenters. The third kappa shape index (κ3) is 55.4. The van der Waals surface area contributed by atoms with E-state index in [2.05, 4.69) is 106 Å². The zero-order valence-electron chi connectivity index (χ0n) is 45.3. The molecule has 0 aliphatic heterocycles. The van der Waals surface area contributed by atoms with E-state index in [-0.39, 0.29) is 31.1 Å². The molecule has 0 aromatic heterocycles. The molecule has 0 aliphatic carbocycles. The number of esters is 3. The van der Waals surface area contributed by atoms with E-state index in [0.29, 0.717) is 19.3 Å². The molecule has 0 N–H and O–H groups in total. The van der Waals surface area contributed by atoms with E-state index in [1.807, 2.05) is 0 Å². The van der Waals surface area contributed by atoms with Crippen molar-refractivity contribution in [3.05, 3.63) is 85.1 Å². The summed E-state index contributed by atoms with van der Waals surface area (Å²) < 4.78 is 16.9. The molecule has 396 valence electrons. The van der Waals surface area contributed by atoms with Crippen molar-refractivity contribution in [2.45, 2.75) is 284 Å². The first-order chi connectivity index (χ1) is 34.0. The summed E-state index contributed by atoms with van der Waals surface area (Å²) in [6, 6.07) is 0. The predicted molar refractivity (Wildman–Crippen MR) is 297 cm³/mol. The van der Waals surface area contributed by atoms with Crippen LogP contribution in [-0.4, -0.2) is 37.2 Å². The van der Waals surface area contributed by atoms with Crippen LogP contribution in [0.4, 0.5) is 0 Å². The molecule has 0 saturated carbocycles. The minimum atomic E-state index is -0.789. The molecule has 0 rings (SSSR count). The van der Waals surface area contributed by atoms with E-state index in [4.69, 9.17) is 14.2 Å². The van der Waals surface area contributed by atoms with Crippen molar-refractivity contribution in [1.82, 2.24) is 0 Å². The largest absolute Gasteiger partial charge is 0.462 e. The van der Waals surface area contributed by atoms with Gasteiger partial charge in [0.15, 0.2) is 6.10 Å². The first kappa shape index (κ1) is 65.6. The lowest BCUT2D eigenvalue weighted by atomic mass is 10.1. The zero-order valence-corrected chi connectivity index (χ0v) is 45.3. The van der Waals surface area contributed by atoms with Crippen molar-refractivity contribution in [2.75, 3.05) is 13.2 Å². The Bertz CT molecular complexity index is 1330. The van der Waals surface area contributed by atoms with E-state index in [1.54, 1.807) is 0 Å². The second-order valence-electron chi connectivity index (χ2n) is 19.3. The first-order valence-corrected chi connectivity index (χ1v) is 29.2. The van der Waals surface area contributed by atoms with Crippen molar-refractivity contribution in [1.29, 1.82) is 0 Å². The monoisotopic (exact) mass is 961 g/mol. The van der Waals surface area contributed by atoms with Crippen LogP contribution in [0.25, 0.3) is 0 Å². The minimum Gasteiger partial charge on any atom is -0.462 e. The van der Waals surface area contributed by atoms with Crippen LogP contribution in [0.5, 0.6) is 0 Å². The fourth-order valence-corrected chi connectivity index (χ4v) is 8.07. The van der Waals surface area contributed by atoms with Crippen LogP contribution in [0.3, 0.4) is 0 Å². The topological polar surface area (TPSA) is 78.9 Å². The molecule has 6 heteroatoms. The van der Waals surface area contributed by atoms with Crippen molar-refractivity contribution in [3.63, 3.8) is 0 Å². The van der Waals surface area contributed by atoms with Gasteiger partial charge in [-0.3, -0.25) is 14.4 Å². The summed E-state index contributed by atoms with van der Waals surface area (Å²) in [7, 11) is 0. The Hall–Kier alpha value is -3.41. The second-order valence-corrected chi connectivity index (χ2v) is 19.3. The highest BCUT2D eigenvalue weighted by molar-refractivity contribution is 5.71. The standard InChI is InChI=1S/C63H108O6/c1-4-7-10-13-16-19-22-25-27-29-31-33-35-38-41-44-47-50-53-56-62(65)68-59-60(58-67-61(64)55-52-49-46-43-40-37-24-21-18-15-12-9-6-3)69-63(66)57-54-51-48-45-42-39-36-34-32-30-28-26-23-20-17-14-11-8-5-2/h9,12,15-26,60H,4-8,10-11,13-14,27-59H2,1-3H3/b12-9-,18-15-,19-16-,20-17-,24-21-,25-22-,26-23-. The van der Waals surface area contributed by atoms with Crippen molar-refractivity contribution >= 4 is 17.9 Å². The van der Waals surface area contributed by atoms with Gasteiger partial charge in [0.1, 0.15) is 13.2 Å².